The Hall–Kier alpha value is -0.860. The van der Waals surface area contributed by atoms with Crippen LogP contribution in [0, 0.1) is 0 Å². The monoisotopic (exact) mass is 327 g/mol. The van der Waals surface area contributed by atoms with Crippen LogP contribution in [-0.2, 0) is 14.8 Å². The van der Waals surface area contributed by atoms with Crippen molar-refractivity contribution in [3.05, 3.63) is 28.2 Å². The highest BCUT2D eigenvalue weighted by Gasteiger charge is 2.30. The number of hydrogen-bond acceptors (Lipinski definition) is 4. The number of nitrogens with one attached hydrogen (secondary N) is 1. The second-order valence-electron chi connectivity index (χ2n) is 3.73. The van der Waals surface area contributed by atoms with Crippen LogP contribution >= 0.6 is 23.2 Å². The molecule has 0 aliphatic carbocycles. The third kappa shape index (κ3) is 3.80. The van der Waals surface area contributed by atoms with Crippen molar-refractivity contribution in [3.63, 3.8) is 0 Å². The molecule has 0 unspecified atom stereocenters. The van der Waals surface area contributed by atoms with Crippen LogP contribution in [0.1, 0.15) is 6.92 Å². The maximum Gasteiger partial charge on any atom is 0.324 e. The number of carboxylic acid groups (broad SMARTS) is 1. The van der Waals surface area contributed by atoms with E-state index in [-0.39, 0.29) is 14.9 Å². The SMILES string of the molecule is C[C@@H](O)[C@H](NS(=O)(=O)c1cccc(Cl)c1Cl)C(=O)O. The maximum absolute atomic E-state index is 12.0. The Morgan fingerprint density at radius 2 is 1.95 bits per heavy atom. The molecule has 0 saturated heterocycles. The predicted molar refractivity (Wildman–Crippen MR) is 69.9 cm³/mol. The molecule has 3 N–H and O–H groups in total. The van der Waals surface area contributed by atoms with Gasteiger partial charge in [0.1, 0.15) is 10.9 Å². The summed E-state index contributed by atoms with van der Waals surface area (Å²) >= 11 is 11.5. The van der Waals surface area contributed by atoms with Crippen molar-refractivity contribution in [2.45, 2.75) is 24.0 Å². The number of carbonyl (C=O) groups is 1. The molecule has 0 aliphatic rings. The Morgan fingerprint density at radius 1 is 1.37 bits per heavy atom. The van der Waals surface area contributed by atoms with Crippen molar-refractivity contribution in [2.75, 3.05) is 0 Å². The molecule has 1 aromatic carbocycles. The standard InChI is InChI=1S/C10H11Cl2NO5S/c1-5(14)9(10(15)16)13-19(17,18)7-4-2-3-6(11)8(7)12/h2-5,9,13-14H,1H3,(H,15,16)/t5-,9+/m1/s1. The minimum Gasteiger partial charge on any atom is -0.480 e. The van der Waals surface area contributed by atoms with E-state index in [1.807, 2.05) is 4.72 Å². The van der Waals surface area contributed by atoms with Crippen LogP contribution in [0.25, 0.3) is 0 Å². The van der Waals surface area contributed by atoms with Crippen LogP contribution in [0.15, 0.2) is 23.1 Å². The molecular weight excluding hydrogens is 317 g/mol. The molecule has 0 fully saturated rings. The fourth-order valence-corrected chi connectivity index (χ4v) is 3.30. The number of sulfonamides is 1. The molecular formula is C10H11Cl2NO5S. The number of benzene rings is 1. The summed E-state index contributed by atoms with van der Waals surface area (Å²) in [5.74, 6) is -1.50. The maximum atomic E-state index is 12.0. The van der Waals surface area contributed by atoms with Crippen LogP contribution in [0.2, 0.25) is 10.0 Å². The molecule has 0 saturated carbocycles. The summed E-state index contributed by atoms with van der Waals surface area (Å²) in [5, 5.41) is 17.9. The molecule has 0 bridgehead atoms. The molecule has 0 aromatic heterocycles. The van der Waals surface area contributed by atoms with Crippen molar-refractivity contribution >= 4 is 39.2 Å². The number of rotatable bonds is 5. The Bertz CT molecular complexity index is 588. The molecule has 9 heteroatoms. The normalized spacial score (nSPS) is 14.9. The van der Waals surface area contributed by atoms with Gasteiger partial charge in [0, 0.05) is 0 Å². The lowest BCUT2D eigenvalue weighted by Gasteiger charge is -2.17. The van der Waals surface area contributed by atoms with E-state index in [4.69, 9.17) is 28.3 Å². The van der Waals surface area contributed by atoms with Gasteiger partial charge < -0.3 is 10.2 Å². The summed E-state index contributed by atoms with van der Waals surface area (Å²) in [7, 11) is -4.21. The minimum atomic E-state index is -4.21. The van der Waals surface area contributed by atoms with Gasteiger partial charge >= 0.3 is 5.97 Å². The molecule has 0 radical (unpaired) electrons. The average Bonchev–Trinajstić information content (AvgIpc) is 2.28. The van der Waals surface area contributed by atoms with Crippen molar-refractivity contribution in [3.8, 4) is 0 Å². The first-order valence-corrected chi connectivity index (χ1v) is 7.28. The van der Waals surface area contributed by atoms with Crippen LogP contribution < -0.4 is 4.72 Å². The lowest BCUT2D eigenvalue weighted by molar-refractivity contribution is -0.141. The molecule has 19 heavy (non-hydrogen) atoms. The van der Waals surface area contributed by atoms with Gasteiger partial charge in [-0.3, -0.25) is 4.79 Å². The van der Waals surface area contributed by atoms with Crippen LogP contribution in [0.5, 0.6) is 0 Å². The van der Waals surface area contributed by atoms with Crippen LogP contribution in [-0.4, -0.2) is 36.7 Å². The van der Waals surface area contributed by atoms with Crippen molar-refractivity contribution < 1.29 is 23.4 Å². The van der Waals surface area contributed by atoms with E-state index in [1.165, 1.54) is 18.2 Å². The highest BCUT2D eigenvalue weighted by molar-refractivity contribution is 7.89. The average molecular weight is 328 g/mol. The zero-order valence-electron chi connectivity index (χ0n) is 9.67. The first-order chi connectivity index (χ1) is 8.66. The Kier molecular flexibility index (Phi) is 5.17. The highest BCUT2D eigenvalue weighted by Crippen LogP contribution is 2.28. The zero-order valence-corrected chi connectivity index (χ0v) is 12.0. The van der Waals surface area contributed by atoms with Gasteiger partial charge in [-0.1, -0.05) is 29.3 Å². The number of halogens is 2. The van der Waals surface area contributed by atoms with Gasteiger partial charge in [-0.25, -0.2) is 8.42 Å². The summed E-state index contributed by atoms with van der Waals surface area (Å²) < 4.78 is 25.8. The van der Waals surface area contributed by atoms with Gasteiger partial charge in [0.15, 0.2) is 0 Å². The minimum absolute atomic E-state index is 0.0217. The van der Waals surface area contributed by atoms with Gasteiger partial charge in [-0.15, -0.1) is 0 Å². The smallest absolute Gasteiger partial charge is 0.324 e. The number of carboxylic acids is 1. The summed E-state index contributed by atoms with van der Waals surface area (Å²) in [4.78, 5) is 10.5. The third-order valence-electron chi connectivity index (χ3n) is 2.24. The largest absolute Gasteiger partial charge is 0.480 e. The van der Waals surface area contributed by atoms with Gasteiger partial charge in [0.25, 0.3) is 0 Å². The lowest BCUT2D eigenvalue weighted by atomic mass is 10.2. The zero-order chi connectivity index (χ0) is 14.8. The van der Waals surface area contributed by atoms with Crippen LogP contribution in [0.3, 0.4) is 0 Å². The Labute approximate surface area is 120 Å². The molecule has 0 heterocycles. The molecule has 2 atom stereocenters. The summed E-state index contributed by atoms with van der Waals surface area (Å²) in [5.41, 5.74) is 0. The number of aliphatic carboxylic acids is 1. The van der Waals surface area contributed by atoms with E-state index < -0.39 is 28.1 Å². The summed E-state index contributed by atoms with van der Waals surface area (Å²) in [6.07, 6.45) is -1.41. The lowest BCUT2D eigenvalue weighted by Crippen LogP contribution is -2.47. The predicted octanol–water partition coefficient (Wildman–Crippen LogP) is 1.11. The molecule has 106 valence electrons. The van der Waals surface area contributed by atoms with E-state index in [1.54, 1.807) is 0 Å². The first-order valence-electron chi connectivity index (χ1n) is 5.04. The highest BCUT2D eigenvalue weighted by atomic mass is 35.5. The van der Waals surface area contributed by atoms with E-state index in [2.05, 4.69) is 0 Å². The topological polar surface area (TPSA) is 104 Å². The van der Waals surface area contributed by atoms with Gasteiger partial charge in [0.05, 0.1) is 16.1 Å². The van der Waals surface area contributed by atoms with Gasteiger partial charge in [-0.05, 0) is 19.1 Å². The summed E-state index contributed by atoms with van der Waals surface area (Å²) in [6.45, 7) is 1.15. The molecule has 1 aromatic rings. The van der Waals surface area contributed by atoms with Crippen molar-refractivity contribution in [1.82, 2.24) is 4.72 Å². The van der Waals surface area contributed by atoms with E-state index in [9.17, 15) is 18.3 Å². The quantitative estimate of drug-likeness (QED) is 0.751. The van der Waals surface area contributed by atoms with Crippen molar-refractivity contribution in [2.24, 2.45) is 0 Å². The third-order valence-corrected chi connectivity index (χ3v) is 4.65. The van der Waals surface area contributed by atoms with Gasteiger partial charge in [-0.2, -0.15) is 4.72 Å². The number of aliphatic hydroxyl groups is 1. The van der Waals surface area contributed by atoms with Gasteiger partial charge in [0.2, 0.25) is 10.0 Å². The second kappa shape index (κ2) is 6.06. The van der Waals surface area contributed by atoms with E-state index in [0.717, 1.165) is 6.92 Å². The number of aliphatic hydroxyl groups excluding tert-OH is 1. The van der Waals surface area contributed by atoms with E-state index >= 15 is 0 Å². The van der Waals surface area contributed by atoms with E-state index in [0.29, 0.717) is 0 Å². The molecule has 0 aliphatic heterocycles. The Balaban J connectivity index is 3.18. The van der Waals surface area contributed by atoms with Crippen LogP contribution in [0.4, 0.5) is 0 Å². The first kappa shape index (κ1) is 16.2. The summed E-state index contributed by atoms with van der Waals surface area (Å²) in [6, 6.07) is 2.25. The molecule has 1 rings (SSSR count). The molecule has 0 spiro atoms. The Morgan fingerprint density at radius 3 is 2.42 bits per heavy atom. The number of hydrogen-bond donors (Lipinski definition) is 3. The molecule has 0 amide bonds. The second-order valence-corrected chi connectivity index (χ2v) is 6.20. The van der Waals surface area contributed by atoms with Crippen molar-refractivity contribution in [1.29, 1.82) is 0 Å². The fourth-order valence-electron chi connectivity index (χ4n) is 1.28. The fraction of sp³-hybridized carbons (Fsp3) is 0.300. The molecule has 6 nitrogen and oxygen atoms in total.